The van der Waals surface area contributed by atoms with Gasteiger partial charge >= 0.3 is 5.97 Å². The Bertz CT molecular complexity index is 619. The lowest BCUT2D eigenvalue weighted by atomic mass is 10.2. The quantitative estimate of drug-likeness (QED) is 0.515. The summed E-state index contributed by atoms with van der Waals surface area (Å²) in [5.74, 6) is -0.904. The Morgan fingerprint density at radius 1 is 1.04 bits per heavy atom. The van der Waals surface area contributed by atoms with Gasteiger partial charge < -0.3 is 20.7 Å². The maximum absolute atomic E-state index is 11.6. The highest BCUT2D eigenvalue weighted by atomic mass is 32.1. The van der Waals surface area contributed by atoms with E-state index in [1.54, 1.807) is 24.3 Å². The fourth-order valence-electron chi connectivity index (χ4n) is 1.79. The molecular weight excluding hydrogens is 330 g/mol. The van der Waals surface area contributed by atoms with Crippen molar-refractivity contribution in [1.82, 2.24) is 5.32 Å². The molecule has 1 aromatic carbocycles. The van der Waals surface area contributed by atoms with E-state index in [-0.39, 0.29) is 29.8 Å². The SMILES string of the molecule is CCCC(=O)Nc1cccc(NC(=S)NC(=O)CCC(=O)OC)c1. The summed E-state index contributed by atoms with van der Waals surface area (Å²) in [6, 6.07) is 6.98. The van der Waals surface area contributed by atoms with Crippen LogP contribution in [0.4, 0.5) is 11.4 Å². The van der Waals surface area contributed by atoms with E-state index >= 15 is 0 Å². The molecule has 1 rings (SSSR count). The highest BCUT2D eigenvalue weighted by Gasteiger charge is 2.09. The first kappa shape index (κ1) is 19.6. The van der Waals surface area contributed by atoms with Crippen molar-refractivity contribution in [3.05, 3.63) is 24.3 Å². The van der Waals surface area contributed by atoms with Crippen molar-refractivity contribution in [2.45, 2.75) is 32.6 Å². The molecule has 2 amide bonds. The van der Waals surface area contributed by atoms with Crippen molar-refractivity contribution in [3.8, 4) is 0 Å². The van der Waals surface area contributed by atoms with Gasteiger partial charge in [-0.2, -0.15) is 0 Å². The normalized spacial score (nSPS) is 9.75. The lowest BCUT2D eigenvalue weighted by Crippen LogP contribution is -2.34. The topological polar surface area (TPSA) is 96.5 Å². The highest BCUT2D eigenvalue weighted by Crippen LogP contribution is 2.15. The summed E-state index contributed by atoms with van der Waals surface area (Å²) in [5, 5.41) is 8.22. The molecule has 130 valence electrons. The van der Waals surface area contributed by atoms with Crippen molar-refractivity contribution >= 4 is 46.5 Å². The van der Waals surface area contributed by atoms with E-state index in [0.717, 1.165) is 6.42 Å². The number of esters is 1. The number of amides is 2. The molecule has 0 bridgehead atoms. The molecule has 0 radical (unpaired) electrons. The van der Waals surface area contributed by atoms with Crippen LogP contribution in [-0.2, 0) is 19.1 Å². The van der Waals surface area contributed by atoms with Crippen molar-refractivity contribution in [2.75, 3.05) is 17.7 Å². The van der Waals surface area contributed by atoms with Crippen LogP contribution >= 0.6 is 12.2 Å². The lowest BCUT2D eigenvalue weighted by molar-refractivity contribution is -0.142. The van der Waals surface area contributed by atoms with Crippen LogP contribution < -0.4 is 16.0 Å². The summed E-state index contributed by atoms with van der Waals surface area (Å²) in [5.41, 5.74) is 1.26. The van der Waals surface area contributed by atoms with E-state index in [2.05, 4.69) is 20.7 Å². The van der Waals surface area contributed by atoms with Crippen molar-refractivity contribution < 1.29 is 19.1 Å². The van der Waals surface area contributed by atoms with E-state index in [1.807, 2.05) is 6.92 Å². The molecule has 0 fully saturated rings. The number of anilines is 2. The van der Waals surface area contributed by atoms with Gasteiger partial charge in [-0.25, -0.2) is 0 Å². The van der Waals surface area contributed by atoms with Crippen LogP contribution in [0.2, 0.25) is 0 Å². The summed E-state index contributed by atoms with van der Waals surface area (Å²) < 4.78 is 4.46. The molecule has 0 unspecified atom stereocenters. The van der Waals surface area contributed by atoms with Crippen LogP contribution in [0.25, 0.3) is 0 Å². The van der Waals surface area contributed by atoms with Crippen molar-refractivity contribution in [2.24, 2.45) is 0 Å². The molecule has 1 aromatic rings. The van der Waals surface area contributed by atoms with Crippen molar-refractivity contribution in [3.63, 3.8) is 0 Å². The fourth-order valence-corrected chi connectivity index (χ4v) is 2.03. The predicted molar refractivity (Wildman–Crippen MR) is 95.6 cm³/mol. The van der Waals surface area contributed by atoms with Crippen LogP contribution in [0.5, 0.6) is 0 Å². The minimum Gasteiger partial charge on any atom is -0.469 e. The number of rotatable bonds is 7. The number of carbonyl (C=O) groups excluding carboxylic acids is 3. The van der Waals surface area contributed by atoms with Gasteiger partial charge in [-0.15, -0.1) is 0 Å². The van der Waals surface area contributed by atoms with E-state index in [9.17, 15) is 14.4 Å². The zero-order valence-electron chi connectivity index (χ0n) is 13.7. The second-order valence-electron chi connectivity index (χ2n) is 4.96. The van der Waals surface area contributed by atoms with Crippen molar-refractivity contribution in [1.29, 1.82) is 0 Å². The molecule has 0 aromatic heterocycles. The number of thiocarbonyl (C=S) groups is 1. The maximum Gasteiger partial charge on any atom is 0.306 e. The largest absolute Gasteiger partial charge is 0.469 e. The highest BCUT2D eigenvalue weighted by molar-refractivity contribution is 7.80. The van der Waals surface area contributed by atoms with Crippen LogP contribution in [0, 0.1) is 0 Å². The lowest BCUT2D eigenvalue weighted by Gasteiger charge is -2.11. The average molecular weight is 351 g/mol. The number of methoxy groups -OCH3 is 1. The van der Waals surface area contributed by atoms with Crippen LogP contribution in [-0.4, -0.2) is 30.0 Å². The molecule has 0 atom stereocenters. The third kappa shape index (κ3) is 7.68. The van der Waals surface area contributed by atoms with Crippen LogP contribution in [0.15, 0.2) is 24.3 Å². The van der Waals surface area contributed by atoms with Crippen LogP contribution in [0.1, 0.15) is 32.6 Å². The molecule has 24 heavy (non-hydrogen) atoms. The zero-order chi connectivity index (χ0) is 17.9. The van der Waals surface area contributed by atoms with Gasteiger partial charge in [-0.05, 0) is 36.8 Å². The Morgan fingerprint density at radius 2 is 1.71 bits per heavy atom. The minimum atomic E-state index is -0.459. The first-order valence-electron chi connectivity index (χ1n) is 7.52. The van der Waals surface area contributed by atoms with Gasteiger partial charge in [-0.3, -0.25) is 14.4 Å². The van der Waals surface area contributed by atoms with Gasteiger partial charge in [0.2, 0.25) is 11.8 Å². The second kappa shape index (κ2) is 10.3. The number of carbonyl (C=O) groups is 3. The fraction of sp³-hybridized carbons (Fsp3) is 0.375. The minimum absolute atomic E-state index is 0.0100. The van der Waals surface area contributed by atoms with Crippen LogP contribution in [0.3, 0.4) is 0 Å². The zero-order valence-corrected chi connectivity index (χ0v) is 14.5. The summed E-state index contributed by atoms with van der Waals surface area (Å²) in [7, 11) is 1.26. The molecule has 0 aliphatic carbocycles. The molecule has 0 aliphatic rings. The van der Waals surface area contributed by atoms with Gasteiger partial charge in [0.15, 0.2) is 5.11 Å². The second-order valence-corrected chi connectivity index (χ2v) is 5.37. The predicted octanol–water partition coefficient (Wildman–Crippen LogP) is 2.19. The Labute approximate surface area is 146 Å². The molecular formula is C16H21N3O4S. The molecule has 8 heteroatoms. The molecule has 3 N–H and O–H groups in total. The van der Waals surface area contributed by atoms with Gasteiger partial charge in [0.1, 0.15) is 0 Å². The molecule has 7 nitrogen and oxygen atoms in total. The number of benzene rings is 1. The summed E-state index contributed by atoms with van der Waals surface area (Å²) >= 11 is 5.05. The third-order valence-corrected chi connectivity index (χ3v) is 3.12. The Hall–Kier alpha value is -2.48. The smallest absolute Gasteiger partial charge is 0.306 e. The van der Waals surface area contributed by atoms with Gasteiger partial charge in [0.05, 0.1) is 13.5 Å². The third-order valence-electron chi connectivity index (χ3n) is 2.92. The van der Waals surface area contributed by atoms with Gasteiger partial charge in [0, 0.05) is 24.2 Å². The summed E-state index contributed by atoms with van der Waals surface area (Å²) in [6.45, 7) is 1.93. The Morgan fingerprint density at radius 3 is 2.33 bits per heavy atom. The number of nitrogens with one attached hydrogen (secondary N) is 3. The van der Waals surface area contributed by atoms with E-state index in [1.165, 1.54) is 7.11 Å². The standard InChI is InChI=1S/C16H21N3O4S/c1-3-5-13(20)17-11-6-4-7-12(10-11)18-16(24)19-14(21)8-9-15(22)23-2/h4,6-7,10H,3,5,8-9H2,1-2H3,(H,17,20)(H2,18,19,21,24). The number of hydrogen-bond acceptors (Lipinski definition) is 5. The molecule has 0 spiro atoms. The van der Waals surface area contributed by atoms with E-state index in [4.69, 9.17) is 12.2 Å². The number of ether oxygens (including phenoxy) is 1. The molecule has 0 saturated carbocycles. The molecule has 0 aliphatic heterocycles. The average Bonchev–Trinajstić information content (AvgIpc) is 2.52. The summed E-state index contributed by atoms with van der Waals surface area (Å²) in [6.07, 6.45) is 1.20. The van der Waals surface area contributed by atoms with E-state index < -0.39 is 5.97 Å². The number of hydrogen-bond donors (Lipinski definition) is 3. The van der Waals surface area contributed by atoms with Gasteiger partial charge in [-0.1, -0.05) is 13.0 Å². The maximum atomic E-state index is 11.6. The monoisotopic (exact) mass is 351 g/mol. The first-order valence-corrected chi connectivity index (χ1v) is 7.93. The Balaban J connectivity index is 2.50. The first-order chi connectivity index (χ1) is 11.4. The Kier molecular flexibility index (Phi) is 8.42. The summed E-state index contributed by atoms with van der Waals surface area (Å²) in [4.78, 5) is 34.2. The molecule has 0 saturated heterocycles. The van der Waals surface area contributed by atoms with E-state index in [0.29, 0.717) is 17.8 Å². The van der Waals surface area contributed by atoms with Gasteiger partial charge in [0.25, 0.3) is 0 Å². The molecule has 0 heterocycles.